The van der Waals surface area contributed by atoms with Crippen molar-refractivity contribution in [3.05, 3.63) is 46.7 Å². The fourth-order valence-corrected chi connectivity index (χ4v) is 3.96. The van der Waals surface area contributed by atoms with Gasteiger partial charge in [0.15, 0.2) is 0 Å². The number of halogens is 1. The van der Waals surface area contributed by atoms with Crippen molar-refractivity contribution in [2.75, 3.05) is 19.7 Å². The van der Waals surface area contributed by atoms with Crippen LogP contribution in [-0.4, -0.2) is 46.2 Å². The van der Waals surface area contributed by atoms with Crippen molar-refractivity contribution in [1.82, 2.24) is 14.7 Å². The second-order valence-corrected chi connectivity index (χ2v) is 8.10. The van der Waals surface area contributed by atoms with Gasteiger partial charge in [0.2, 0.25) is 5.91 Å². The SMILES string of the molecule is CCn1cc(C(=O)N2CCC(COc3cccc(Cl)c3)(CC(N)=O)CC2)c(C)n1. The van der Waals surface area contributed by atoms with E-state index in [2.05, 4.69) is 5.10 Å². The average Bonchev–Trinajstić information content (AvgIpc) is 3.07. The lowest BCUT2D eigenvalue weighted by Crippen LogP contribution is -2.47. The topological polar surface area (TPSA) is 90.5 Å². The van der Waals surface area contributed by atoms with Crippen molar-refractivity contribution in [3.8, 4) is 5.75 Å². The van der Waals surface area contributed by atoms with Gasteiger partial charge in [-0.15, -0.1) is 0 Å². The fraction of sp³-hybridized carbons (Fsp3) is 0.476. The smallest absolute Gasteiger partial charge is 0.257 e. The van der Waals surface area contributed by atoms with E-state index in [1.165, 1.54) is 0 Å². The largest absolute Gasteiger partial charge is 0.493 e. The molecule has 156 valence electrons. The Morgan fingerprint density at radius 2 is 2.03 bits per heavy atom. The predicted molar refractivity (Wildman–Crippen MR) is 111 cm³/mol. The molecule has 2 aromatic rings. The lowest BCUT2D eigenvalue weighted by atomic mass is 9.76. The summed E-state index contributed by atoms with van der Waals surface area (Å²) in [5, 5.41) is 4.95. The van der Waals surface area contributed by atoms with Gasteiger partial charge in [-0.2, -0.15) is 5.10 Å². The molecule has 2 heterocycles. The van der Waals surface area contributed by atoms with Gasteiger partial charge in [0.1, 0.15) is 5.75 Å². The molecule has 0 aliphatic carbocycles. The highest BCUT2D eigenvalue weighted by Crippen LogP contribution is 2.36. The van der Waals surface area contributed by atoms with E-state index in [0.717, 1.165) is 12.2 Å². The van der Waals surface area contributed by atoms with Crippen molar-refractivity contribution in [2.45, 2.75) is 39.7 Å². The Bertz CT molecular complexity index is 888. The Kier molecular flexibility index (Phi) is 6.47. The molecule has 0 spiro atoms. The van der Waals surface area contributed by atoms with Crippen LogP contribution in [0.3, 0.4) is 0 Å². The number of carbonyl (C=O) groups excluding carboxylic acids is 2. The molecule has 29 heavy (non-hydrogen) atoms. The molecule has 1 aliphatic heterocycles. The minimum atomic E-state index is -0.395. The summed E-state index contributed by atoms with van der Waals surface area (Å²) in [6.45, 7) is 5.99. The van der Waals surface area contributed by atoms with Crippen LogP contribution in [-0.2, 0) is 11.3 Å². The van der Waals surface area contributed by atoms with E-state index < -0.39 is 5.41 Å². The van der Waals surface area contributed by atoms with Gasteiger partial charge < -0.3 is 15.4 Å². The number of aryl methyl sites for hydroxylation is 2. The third-order valence-corrected chi connectivity index (χ3v) is 5.74. The maximum atomic E-state index is 12.9. The third kappa shape index (κ3) is 5.09. The summed E-state index contributed by atoms with van der Waals surface area (Å²) in [6.07, 6.45) is 3.31. The van der Waals surface area contributed by atoms with Crippen molar-refractivity contribution < 1.29 is 14.3 Å². The summed E-state index contributed by atoms with van der Waals surface area (Å²) in [5.74, 6) is 0.271. The zero-order valence-electron chi connectivity index (χ0n) is 16.9. The monoisotopic (exact) mass is 418 g/mol. The second-order valence-electron chi connectivity index (χ2n) is 7.67. The standard InChI is InChI=1S/C21H27ClN4O3/c1-3-26-13-18(15(2)24-26)20(28)25-9-7-21(8-10-25,12-19(23)27)14-29-17-6-4-5-16(22)11-17/h4-6,11,13H,3,7-10,12,14H2,1-2H3,(H2,23,27). The first kappa shape index (κ1) is 21.2. The van der Waals surface area contributed by atoms with Gasteiger partial charge in [-0.05, 0) is 44.9 Å². The van der Waals surface area contributed by atoms with Gasteiger partial charge in [-0.1, -0.05) is 17.7 Å². The Morgan fingerprint density at radius 1 is 1.31 bits per heavy atom. The second kappa shape index (κ2) is 8.86. The molecule has 0 saturated carbocycles. The van der Waals surface area contributed by atoms with Crippen LogP contribution in [0.15, 0.2) is 30.5 Å². The zero-order chi connectivity index (χ0) is 21.0. The number of ether oxygens (including phenoxy) is 1. The van der Waals surface area contributed by atoms with E-state index in [1.54, 1.807) is 23.0 Å². The number of amides is 2. The number of rotatable bonds is 7. The lowest BCUT2D eigenvalue weighted by molar-refractivity contribution is -0.121. The van der Waals surface area contributed by atoms with Gasteiger partial charge >= 0.3 is 0 Å². The van der Waals surface area contributed by atoms with E-state index in [-0.39, 0.29) is 18.2 Å². The van der Waals surface area contributed by atoms with E-state index in [1.807, 2.05) is 30.9 Å². The zero-order valence-corrected chi connectivity index (χ0v) is 17.6. The van der Waals surface area contributed by atoms with Gasteiger partial charge in [0.25, 0.3) is 5.91 Å². The van der Waals surface area contributed by atoms with Crippen LogP contribution in [0.25, 0.3) is 0 Å². The third-order valence-electron chi connectivity index (χ3n) is 5.50. The van der Waals surface area contributed by atoms with Crippen molar-refractivity contribution in [1.29, 1.82) is 0 Å². The van der Waals surface area contributed by atoms with E-state index in [9.17, 15) is 9.59 Å². The molecule has 2 N–H and O–H groups in total. The Morgan fingerprint density at radius 3 is 2.62 bits per heavy atom. The van der Waals surface area contributed by atoms with Crippen LogP contribution in [0, 0.1) is 12.3 Å². The van der Waals surface area contributed by atoms with E-state index in [0.29, 0.717) is 48.9 Å². The maximum absolute atomic E-state index is 12.9. The van der Waals surface area contributed by atoms with Crippen LogP contribution >= 0.6 is 11.6 Å². The molecular weight excluding hydrogens is 392 g/mol. The van der Waals surface area contributed by atoms with Crippen LogP contribution in [0.5, 0.6) is 5.75 Å². The van der Waals surface area contributed by atoms with Gasteiger partial charge in [0, 0.05) is 42.7 Å². The molecule has 1 saturated heterocycles. The summed E-state index contributed by atoms with van der Waals surface area (Å²) in [6, 6.07) is 7.17. The molecule has 1 aromatic carbocycles. The molecule has 0 atom stereocenters. The molecule has 0 bridgehead atoms. The minimum absolute atomic E-state index is 0.0226. The molecule has 0 unspecified atom stereocenters. The minimum Gasteiger partial charge on any atom is -0.493 e. The summed E-state index contributed by atoms with van der Waals surface area (Å²) in [7, 11) is 0. The van der Waals surface area contributed by atoms with Crippen LogP contribution in [0.4, 0.5) is 0 Å². The number of piperidine rings is 1. The highest BCUT2D eigenvalue weighted by atomic mass is 35.5. The number of benzene rings is 1. The first-order chi connectivity index (χ1) is 13.8. The molecule has 0 radical (unpaired) electrons. The van der Waals surface area contributed by atoms with Crippen molar-refractivity contribution in [2.24, 2.45) is 11.1 Å². The number of nitrogens with zero attached hydrogens (tertiary/aromatic N) is 3. The highest BCUT2D eigenvalue weighted by Gasteiger charge is 2.38. The van der Waals surface area contributed by atoms with Crippen molar-refractivity contribution >= 4 is 23.4 Å². The molecule has 1 aliphatic rings. The van der Waals surface area contributed by atoms with Crippen LogP contribution in [0.2, 0.25) is 5.02 Å². The summed E-state index contributed by atoms with van der Waals surface area (Å²) >= 11 is 6.02. The number of hydrogen-bond acceptors (Lipinski definition) is 4. The van der Waals surface area contributed by atoms with Gasteiger partial charge in [-0.3, -0.25) is 14.3 Å². The molecule has 8 heteroatoms. The lowest BCUT2D eigenvalue weighted by Gasteiger charge is -2.41. The molecule has 2 amide bonds. The molecule has 1 fully saturated rings. The number of hydrogen-bond donors (Lipinski definition) is 1. The van der Waals surface area contributed by atoms with E-state index in [4.69, 9.17) is 22.1 Å². The number of aromatic nitrogens is 2. The first-order valence-corrected chi connectivity index (χ1v) is 10.2. The molecular formula is C21H27ClN4O3. The molecule has 1 aromatic heterocycles. The highest BCUT2D eigenvalue weighted by molar-refractivity contribution is 6.30. The maximum Gasteiger partial charge on any atom is 0.257 e. The number of likely N-dealkylation sites (tertiary alicyclic amines) is 1. The first-order valence-electron chi connectivity index (χ1n) is 9.82. The Balaban J connectivity index is 1.68. The summed E-state index contributed by atoms with van der Waals surface area (Å²) < 4.78 is 7.71. The van der Waals surface area contributed by atoms with Crippen LogP contribution < -0.4 is 10.5 Å². The number of primary amides is 1. The Hall–Kier alpha value is -2.54. The number of carbonyl (C=O) groups is 2. The fourth-order valence-electron chi connectivity index (χ4n) is 3.78. The average molecular weight is 419 g/mol. The Labute approximate surface area is 175 Å². The van der Waals surface area contributed by atoms with Crippen LogP contribution in [0.1, 0.15) is 42.2 Å². The van der Waals surface area contributed by atoms with Gasteiger partial charge in [-0.25, -0.2) is 0 Å². The molecule has 7 nitrogen and oxygen atoms in total. The van der Waals surface area contributed by atoms with Crippen molar-refractivity contribution in [3.63, 3.8) is 0 Å². The molecule has 3 rings (SSSR count). The predicted octanol–water partition coefficient (Wildman–Crippen LogP) is 3.04. The normalized spacial score (nSPS) is 15.9. The summed E-state index contributed by atoms with van der Waals surface area (Å²) in [4.78, 5) is 26.5. The number of nitrogens with two attached hydrogens (primary N) is 1. The van der Waals surface area contributed by atoms with Gasteiger partial charge in [0.05, 0.1) is 17.9 Å². The quantitative estimate of drug-likeness (QED) is 0.748. The van der Waals surface area contributed by atoms with E-state index >= 15 is 0 Å². The summed E-state index contributed by atoms with van der Waals surface area (Å²) in [5.41, 5.74) is 6.48.